The molecule has 5 atom stereocenters. The predicted molar refractivity (Wildman–Crippen MR) is 106 cm³/mol. The van der Waals surface area contributed by atoms with Crippen LogP contribution in [0.15, 0.2) is 42.3 Å². The van der Waals surface area contributed by atoms with Gasteiger partial charge in [-0.1, -0.05) is 58.7 Å². The van der Waals surface area contributed by atoms with Gasteiger partial charge in [0.25, 0.3) is 0 Å². The van der Waals surface area contributed by atoms with Crippen molar-refractivity contribution in [3.8, 4) is 0 Å². The average molecular weight is 360 g/mol. The molecule has 3 rings (SSSR count). The van der Waals surface area contributed by atoms with E-state index in [0.29, 0.717) is 5.92 Å². The highest BCUT2D eigenvalue weighted by atomic mass is 19.1. The van der Waals surface area contributed by atoms with Crippen molar-refractivity contribution in [3.63, 3.8) is 0 Å². The van der Waals surface area contributed by atoms with Crippen LogP contribution in [0.1, 0.15) is 69.9 Å². The molecule has 1 heterocycles. The number of anilines is 1. The highest BCUT2D eigenvalue weighted by Crippen LogP contribution is 2.46. The average Bonchev–Trinajstić information content (AvgIpc) is 2.61. The summed E-state index contributed by atoms with van der Waals surface area (Å²) >= 11 is 0. The maximum absolute atomic E-state index is 14.6. The maximum Gasteiger partial charge on any atom is 0.130 e. The molecule has 0 radical (unpaired) electrons. The molecule has 142 valence electrons. The lowest BCUT2D eigenvalue weighted by molar-refractivity contribution is 0.191. The zero-order valence-corrected chi connectivity index (χ0v) is 16.3. The summed E-state index contributed by atoms with van der Waals surface area (Å²) in [6, 6.07) is 6.29. The number of fused-ring (bicyclic) bond motifs is 1. The third-order valence-corrected chi connectivity index (χ3v) is 6.15. The summed E-state index contributed by atoms with van der Waals surface area (Å²) in [5.74, 6) is -0.0970. The fourth-order valence-electron chi connectivity index (χ4n) is 4.51. The van der Waals surface area contributed by atoms with E-state index in [1.54, 1.807) is 0 Å². The molecule has 3 heteroatoms. The summed E-state index contributed by atoms with van der Waals surface area (Å²) in [5.41, 5.74) is 3.65. The lowest BCUT2D eigenvalue weighted by atomic mass is 9.70. The Morgan fingerprint density at radius 3 is 2.65 bits per heavy atom. The van der Waals surface area contributed by atoms with Gasteiger partial charge in [-0.15, -0.1) is 0 Å². The number of unbranched alkanes of at least 4 members (excludes halogenated alkanes) is 1. The van der Waals surface area contributed by atoms with Crippen molar-refractivity contribution in [1.29, 1.82) is 0 Å². The fourth-order valence-corrected chi connectivity index (χ4v) is 4.51. The van der Waals surface area contributed by atoms with E-state index in [-0.39, 0.29) is 23.7 Å². The van der Waals surface area contributed by atoms with Crippen molar-refractivity contribution < 1.29 is 8.78 Å². The first-order valence-electron chi connectivity index (χ1n) is 10.0. The molecule has 1 aromatic rings. The Labute approximate surface area is 156 Å². The third kappa shape index (κ3) is 3.58. The lowest BCUT2D eigenvalue weighted by Gasteiger charge is -2.44. The molecule has 0 saturated carbocycles. The molecule has 0 aromatic heterocycles. The van der Waals surface area contributed by atoms with Gasteiger partial charge in [-0.05, 0) is 53.5 Å². The number of nitrogens with one attached hydrogen (secondary N) is 1. The maximum atomic E-state index is 14.6. The van der Waals surface area contributed by atoms with Gasteiger partial charge in [-0.3, -0.25) is 0 Å². The van der Waals surface area contributed by atoms with Gasteiger partial charge in [-0.2, -0.15) is 0 Å². The van der Waals surface area contributed by atoms with Gasteiger partial charge in [0.2, 0.25) is 0 Å². The van der Waals surface area contributed by atoms with E-state index >= 15 is 0 Å². The third-order valence-electron chi connectivity index (χ3n) is 6.15. The van der Waals surface area contributed by atoms with Crippen LogP contribution in [0.4, 0.5) is 14.5 Å². The summed E-state index contributed by atoms with van der Waals surface area (Å²) in [6.07, 6.45) is 6.28. The number of hydrogen-bond acceptors (Lipinski definition) is 1. The Morgan fingerprint density at radius 2 is 2.00 bits per heavy atom. The van der Waals surface area contributed by atoms with E-state index in [0.717, 1.165) is 24.9 Å². The number of alkyl halides is 1. The molecule has 3 unspecified atom stereocenters. The number of rotatable bonds is 5. The van der Waals surface area contributed by atoms with E-state index in [2.05, 4.69) is 51.2 Å². The molecule has 0 bridgehead atoms. The summed E-state index contributed by atoms with van der Waals surface area (Å²) in [5, 5.41) is 3.53. The van der Waals surface area contributed by atoms with Crippen LogP contribution < -0.4 is 5.32 Å². The summed E-state index contributed by atoms with van der Waals surface area (Å²) in [6.45, 7) is 8.79. The quantitative estimate of drug-likeness (QED) is 0.603. The summed E-state index contributed by atoms with van der Waals surface area (Å²) in [7, 11) is 0. The predicted octanol–water partition coefficient (Wildman–Crippen LogP) is 6.89. The topological polar surface area (TPSA) is 12.0 Å². The van der Waals surface area contributed by atoms with Gasteiger partial charge in [-0.25, -0.2) is 8.78 Å². The summed E-state index contributed by atoms with van der Waals surface area (Å²) < 4.78 is 29.2. The van der Waals surface area contributed by atoms with Crippen molar-refractivity contribution >= 4 is 5.69 Å². The lowest BCUT2D eigenvalue weighted by Crippen LogP contribution is -2.46. The highest BCUT2D eigenvalue weighted by molar-refractivity contribution is 5.58. The van der Waals surface area contributed by atoms with E-state index in [4.69, 9.17) is 0 Å². The Balaban J connectivity index is 1.99. The van der Waals surface area contributed by atoms with Gasteiger partial charge in [0.1, 0.15) is 12.0 Å². The first-order valence-corrected chi connectivity index (χ1v) is 10.0. The number of benzene rings is 1. The molecule has 1 aromatic carbocycles. The molecule has 0 fully saturated rings. The molecule has 1 N–H and O–H groups in total. The Morgan fingerprint density at radius 1 is 1.23 bits per heavy atom. The normalized spacial score (nSPS) is 30.7. The molecule has 0 spiro atoms. The molecule has 0 saturated heterocycles. The second-order valence-corrected chi connectivity index (χ2v) is 8.17. The van der Waals surface area contributed by atoms with Crippen LogP contribution in [0, 0.1) is 11.8 Å². The first-order chi connectivity index (χ1) is 12.4. The van der Waals surface area contributed by atoms with Crippen molar-refractivity contribution in [2.45, 2.75) is 71.0 Å². The SMILES string of the molecule is CCCC[C@@H]1C(C)c2cc(C(C)C)ccc2N[C@H]1C1C(F)=CC=CC1F. The van der Waals surface area contributed by atoms with Crippen LogP contribution in [0.25, 0.3) is 0 Å². The highest BCUT2D eigenvalue weighted by Gasteiger charge is 2.43. The molecule has 2 aliphatic rings. The number of halogens is 2. The van der Waals surface area contributed by atoms with Gasteiger partial charge < -0.3 is 5.32 Å². The van der Waals surface area contributed by atoms with Crippen LogP contribution in [0.3, 0.4) is 0 Å². The van der Waals surface area contributed by atoms with Gasteiger partial charge in [0.05, 0.1) is 5.92 Å². The zero-order chi connectivity index (χ0) is 18.8. The molecule has 1 aliphatic carbocycles. The molecular formula is C23H31F2N. The molecular weight excluding hydrogens is 328 g/mol. The van der Waals surface area contributed by atoms with Crippen LogP contribution in [0.5, 0.6) is 0 Å². The Hall–Kier alpha value is -1.64. The first kappa shape index (κ1) is 19.1. The minimum atomic E-state index is -1.27. The van der Waals surface area contributed by atoms with E-state index in [1.165, 1.54) is 29.4 Å². The number of hydrogen-bond donors (Lipinski definition) is 1. The molecule has 1 aliphatic heterocycles. The monoisotopic (exact) mass is 359 g/mol. The fraction of sp³-hybridized carbons (Fsp3) is 0.565. The Kier molecular flexibility index (Phi) is 5.84. The van der Waals surface area contributed by atoms with Crippen LogP contribution in [-0.2, 0) is 0 Å². The van der Waals surface area contributed by atoms with Gasteiger partial charge in [0, 0.05) is 11.7 Å². The smallest absolute Gasteiger partial charge is 0.130 e. The van der Waals surface area contributed by atoms with Crippen molar-refractivity contribution in [2.75, 3.05) is 5.32 Å². The van der Waals surface area contributed by atoms with Crippen molar-refractivity contribution in [1.82, 2.24) is 0 Å². The Bertz CT molecular complexity index is 691. The second-order valence-electron chi connectivity index (χ2n) is 8.17. The van der Waals surface area contributed by atoms with Crippen LogP contribution in [-0.4, -0.2) is 12.2 Å². The largest absolute Gasteiger partial charge is 0.381 e. The summed E-state index contributed by atoms with van der Waals surface area (Å²) in [4.78, 5) is 0. The van der Waals surface area contributed by atoms with E-state index < -0.39 is 12.1 Å². The van der Waals surface area contributed by atoms with Crippen LogP contribution in [0.2, 0.25) is 0 Å². The van der Waals surface area contributed by atoms with E-state index in [1.807, 2.05) is 0 Å². The standard InChI is InChI=1S/C23H31F2N/c1-5-6-8-17-15(4)18-13-16(14(2)3)11-12-21(18)26-23(17)22-19(24)9-7-10-20(22)25/h7,9-15,17,19,22-23,26H,5-6,8H2,1-4H3/t15?,17-,19?,22?,23-/m1/s1. The van der Waals surface area contributed by atoms with Crippen molar-refractivity contribution in [3.05, 3.63) is 53.4 Å². The van der Waals surface area contributed by atoms with Gasteiger partial charge in [0.15, 0.2) is 0 Å². The van der Waals surface area contributed by atoms with Crippen LogP contribution >= 0.6 is 0 Å². The van der Waals surface area contributed by atoms with E-state index in [9.17, 15) is 8.78 Å². The second kappa shape index (κ2) is 7.94. The molecule has 26 heavy (non-hydrogen) atoms. The van der Waals surface area contributed by atoms with Gasteiger partial charge >= 0.3 is 0 Å². The molecule has 1 nitrogen and oxygen atoms in total. The molecule has 0 amide bonds. The zero-order valence-electron chi connectivity index (χ0n) is 16.3. The minimum Gasteiger partial charge on any atom is -0.381 e. The van der Waals surface area contributed by atoms with Crippen molar-refractivity contribution in [2.24, 2.45) is 11.8 Å². The minimum absolute atomic E-state index is 0.217. The number of allylic oxidation sites excluding steroid dienone is 3.